The molecule has 2 unspecified atom stereocenters. The average molecular weight is 420 g/mol. The SMILES string of the molecule is CC(C)(C)OC(=O)N1CC(C#N)C(NC(=O)CCCC(=O)c2ccc(Cl)cc2)C1. The van der Waals surface area contributed by atoms with Crippen LogP contribution in [0.5, 0.6) is 0 Å². The lowest BCUT2D eigenvalue weighted by Gasteiger charge is -2.24. The zero-order valence-electron chi connectivity index (χ0n) is 16.9. The molecule has 1 aliphatic rings. The summed E-state index contributed by atoms with van der Waals surface area (Å²) in [5, 5.41) is 12.7. The number of nitrogens with zero attached hydrogens (tertiary/aromatic N) is 2. The van der Waals surface area contributed by atoms with Crippen LogP contribution in [0, 0.1) is 17.2 Å². The second-order valence-electron chi connectivity index (χ2n) is 8.08. The maximum Gasteiger partial charge on any atom is 0.410 e. The molecule has 29 heavy (non-hydrogen) atoms. The Morgan fingerprint density at radius 2 is 1.86 bits per heavy atom. The molecule has 8 heteroatoms. The van der Waals surface area contributed by atoms with Crippen molar-refractivity contribution in [2.45, 2.75) is 51.7 Å². The van der Waals surface area contributed by atoms with E-state index in [0.29, 0.717) is 17.0 Å². The molecule has 1 aromatic carbocycles. The van der Waals surface area contributed by atoms with Gasteiger partial charge in [-0.05, 0) is 51.5 Å². The lowest BCUT2D eigenvalue weighted by Crippen LogP contribution is -2.41. The number of ketones is 1. The first-order valence-electron chi connectivity index (χ1n) is 9.54. The number of carbonyl (C=O) groups excluding carboxylic acids is 3. The number of rotatable bonds is 6. The van der Waals surface area contributed by atoms with Crippen molar-refractivity contribution in [2.75, 3.05) is 13.1 Å². The third-order valence-corrected chi connectivity index (χ3v) is 4.71. The molecule has 1 fully saturated rings. The van der Waals surface area contributed by atoms with Crippen molar-refractivity contribution in [3.63, 3.8) is 0 Å². The first kappa shape index (κ1) is 22.7. The number of nitrogens with one attached hydrogen (secondary N) is 1. The number of halogens is 1. The summed E-state index contributed by atoms with van der Waals surface area (Å²) < 4.78 is 5.33. The van der Waals surface area contributed by atoms with E-state index in [4.69, 9.17) is 16.3 Å². The van der Waals surface area contributed by atoms with E-state index in [1.54, 1.807) is 45.0 Å². The van der Waals surface area contributed by atoms with E-state index < -0.39 is 23.7 Å². The van der Waals surface area contributed by atoms with Gasteiger partial charge in [0.25, 0.3) is 0 Å². The normalized spacial score (nSPS) is 18.8. The van der Waals surface area contributed by atoms with Crippen LogP contribution < -0.4 is 5.32 Å². The summed E-state index contributed by atoms with van der Waals surface area (Å²) >= 11 is 5.81. The molecule has 0 spiro atoms. The first-order chi connectivity index (χ1) is 13.6. The summed E-state index contributed by atoms with van der Waals surface area (Å²) in [5.74, 6) is -0.798. The Morgan fingerprint density at radius 1 is 1.21 bits per heavy atom. The van der Waals surface area contributed by atoms with Crippen molar-refractivity contribution < 1.29 is 19.1 Å². The molecule has 2 atom stereocenters. The highest BCUT2D eigenvalue weighted by Crippen LogP contribution is 2.20. The fourth-order valence-electron chi connectivity index (χ4n) is 3.03. The molecule has 0 radical (unpaired) electrons. The molecule has 156 valence electrons. The van der Waals surface area contributed by atoms with Crippen LogP contribution >= 0.6 is 11.6 Å². The van der Waals surface area contributed by atoms with Crippen LogP contribution in [0.1, 0.15) is 50.4 Å². The molecule has 0 saturated carbocycles. The van der Waals surface area contributed by atoms with Crippen LogP contribution in [-0.4, -0.2) is 47.4 Å². The number of benzene rings is 1. The van der Waals surface area contributed by atoms with Gasteiger partial charge in [0.05, 0.1) is 18.0 Å². The zero-order chi connectivity index (χ0) is 21.6. The summed E-state index contributed by atoms with van der Waals surface area (Å²) in [6.45, 7) is 5.75. The number of nitriles is 1. The number of ether oxygens (including phenoxy) is 1. The van der Waals surface area contributed by atoms with Crippen LogP contribution in [0.3, 0.4) is 0 Å². The van der Waals surface area contributed by atoms with E-state index in [2.05, 4.69) is 11.4 Å². The largest absolute Gasteiger partial charge is 0.444 e. The van der Waals surface area contributed by atoms with E-state index in [9.17, 15) is 19.6 Å². The van der Waals surface area contributed by atoms with Gasteiger partial charge in [-0.3, -0.25) is 9.59 Å². The maximum atomic E-state index is 12.2. The van der Waals surface area contributed by atoms with Crippen LogP contribution in [0.2, 0.25) is 5.02 Å². The predicted octanol–water partition coefficient (Wildman–Crippen LogP) is 3.57. The highest BCUT2D eigenvalue weighted by atomic mass is 35.5. The molecule has 1 heterocycles. The van der Waals surface area contributed by atoms with Crippen molar-refractivity contribution >= 4 is 29.4 Å². The Kier molecular flexibility index (Phi) is 7.63. The highest BCUT2D eigenvalue weighted by molar-refractivity contribution is 6.30. The molecule has 0 aliphatic carbocycles. The number of hydrogen-bond donors (Lipinski definition) is 1. The highest BCUT2D eigenvalue weighted by Gasteiger charge is 2.38. The topological polar surface area (TPSA) is 99.5 Å². The molecule has 1 aromatic rings. The fourth-order valence-corrected chi connectivity index (χ4v) is 3.15. The smallest absolute Gasteiger partial charge is 0.410 e. The minimum absolute atomic E-state index is 0.0543. The monoisotopic (exact) mass is 419 g/mol. The summed E-state index contributed by atoms with van der Waals surface area (Å²) in [4.78, 5) is 38.0. The Hall–Kier alpha value is -2.59. The lowest BCUT2D eigenvalue weighted by atomic mass is 10.0. The minimum atomic E-state index is -0.628. The number of amides is 2. The second-order valence-corrected chi connectivity index (χ2v) is 8.51. The number of Topliss-reactive ketones (excluding diaryl/α,β-unsaturated/α-hetero) is 1. The standard InChI is InChI=1S/C21H26ClN3O4/c1-21(2,3)29-20(28)25-12-15(11-23)17(13-25)24-19(27)6-4-5-18(26)14-7-9-16(22)10-8-14/h7-10,15,17H,4-6,12-13H2,1-3H3,(H,24,27). The second kappa shape index (κ2) is 9.75. The van der Waals surface area contributed by atoms with Crippen molar-refractivity contribution in [1.82, 2.24) is 10.2 Å². The Bertz CT molecular complexity index is 796. The van der Waals surface area contributed by atoms with E-state index >= 15 is 0 Å². The molecule has 2 amide bonds. The molecule has 1 N–H and O–H groups in total. The van der Waals surface area contributed by atoms with Gasteiger partial charge in [-0.15, -0.1) is 0 Å². The average Bonchev–Trinajstić information content (AvgIpc) is 3.03. The van der Waals surface area contributed by atoms with Gasteiger partial charge >= 0.3 is 6.09 Å². The molecular formula is C21H26ClN3O4. The quantitative estimate of drug-likeness (QED) is 0.710. The van der Waals surface area contributed by atoms with Gasteiger partial charge in [-0.1, -0.05) is 11.6 Å². The van der Waals surface area contributed by atoms with Gasteiger partial charge in [0.15, 0.2) is 5.78 Å². The molecular weight excluding hydrogens is 394 g/mol. The van der Waals surface area contributed by atoms with Gasteiger partial charge in [-0.2, -0.15) is 5.26 Å². The van der Waals surface area contributed by atoms with Gasteiger partial charge in [0, 0.05) is 36.5 Å². The summed E-state index contributed by atoms with van der Waals surface area (Å²) in [5.41, 5.74) is -0.0693. The molecule has 7 nitrogen and oxygen atoms in total. The Labute approximate surface area is 176 Å². The zero-order valence-corrected chi connectivity index (χ0v) is 17.7. The number of likely N-dealkylation sites (tertiary alicyclic amines) is 1. The van der Waals surface area contributed by atoms with Crippen molar-refractivity contribution in [1.29, 1.82) is 5.26 Å². The minimum Gasteiger partial charge on any atom is -0.444 e. The first-order valence-corrected chi connectivity index (χ1v) is 9.92. The molecule has 1 aliphatic heterocycles. The van der Waals surface area contributed by atoms with Crippen molar-refractivity contribution in [3.05, 3.63) is 34.9 Å². The van der Waals surface area contributed by atoms with E-state index in [0.717, 1.165) is 0 Å². The van der Waals surface area contributed by atoms with E-state index in [1.807, 2.05) is 0 Å². The van der Waals surface area contributed by atoms with Crippen LogP contribution in [0.25, 0.3) is 0 Å². The summed E-state index contributed by atoms with van der Waals surface area (Å²) in [6.07, 6.45) is 0.307. The summed E-state index contributed by atoms with van der Waals surface area (Å²) in [6, 6.07) is 8.31. The maximum absolute atomic E-state index is 12.2. The Morgan fingerprint density at radius 3 is 2.45 bits per heavy atom. The van der Waals surface area contributed by atoms with Crippen molar-refractivity contribution in [2.24, 2.45) is 5.92 Å². The van der Waals surface area contributed by atoms with Gasteiger partial charge < -0.3 is 15.0 Å². The Balaban J connectivity index is 1.80. The molecule has 1 saturated heterocycles. The van der Waals surface area contributed by atoms with Crippen LogP contribution in [0.4, 0.5) is 4.79 Å². The van der Waals surface area contributed by atoms with E-state index in [-0.39, 0.29) is 37.6 Å². The number of carbonyl (C=O) groups is 3. The molecule has 0 bridgehead atoms. The van der Waals surface area contributed by atoms with Gasteiger partial charge in [0.1, 0.15) is 5.60 Å². The molecule has 2 rings (SSSR count). The van der Waals surface area contributed by atoms with Crippen molar-refractivity contribution in [3.8, 4) is 6.07 Å². The fraction of sp³-hybridized carbons (Fsp3) is 0.524. The third-order valence-electron chi connectivity index (χ3n) is 4.46. The summed E-state index contributed by atoms with van der Waals surface area (Å²) in [7, 11) is 0. The third kappa shape index (κ3) is 7.06. The van der Waals surface area contributed by atoms with Crippen LogP contribution in [-0.2, 0) is 9.53 Å². The van der Waals surface area contributed by atoms with Gasteiger partial charge in [-0.25, -0.2) is 4.79 Å². The van der Waals surface area contributed by atoms with Gasteiger partial charge in [0.2, 0.25) is 5.91 Å². The van der Waals surface area contributed by atoms with Crippen LogP contribution in [0.15, 0.2) is 24.3 Å². The van der Waals surface area contributed by atoms with E-state index in [1.165, 1.54) is 4.90 Å². The molecule has 0 aromatic heterocycles. The predicted molar refractivity (Wildman–Crippen MR) is 108 cm³/mol. The number of hydrogen-bond acceptors (Lipinski definition) is 5. The lowest BCUT2D eigenvalue weighted by molar-refractivity contribution is -0.121.